The summed E-state index contributed by atoms with van der Waals surface area (Å²) in [7, 11) is 0. The molecule has 1 rings (SSSR count). The van der Waals surface area contributed by atoms with E-state index in [1.807, 2.05) is 26.2 Å². The topological polar surface area (TPSA) is 66.9 Å². The van der Waals surface area contributed by atoms with Crippen LogP contribution >= 0.6 is 11.8 Å². The molecule has 5 nitrogen and oxygen atoms in total. The number of hydrogen-bond acceptors (Lipinski definition) is 5. The summed E-state index contributed by atoms with van der Waals surface area (Å²) < 4.78 is 0. The van der Waals surface area contributed by atoms with Gasteiger partial charge >= 0.3 is 0 Å². The molecule has 0 saturated heterocycles. The first kappa shape index (κ1) is 17.8. The number of nitrogens with zero attached hydrogens (tertiary/aromatic N) is 2. The van der Waals surface area contributed by atoms with Gasteiger partial charge in [-0.05, 0) is 44.3 Å². The van der Waals surface area contributed by atoms with Gasteiger partial charge in [0, 0.05) is 17.9 Å². The molecule has 1 unspecified atom stereocenters. The van der Waals surface area contributed by atoms with Gasteiger partial charge in [-0.3, -0.25) is 4.79 Å². The number of carbonyl (C=O) groups is 1. The van der Waals surface area contributed by atoms with Crippen molar-refractivity contribution in [3.8, 4) is 0 Å². The molecule has 0 aliphatic heterocycles. The highest BCUT2D eigenvalue weighted by Crippen LogP contribution is 2.09. The van der Waals surface area contributed by atoms with Crippen LogP contribution in [0.15, 0.2) is 6.07 Å². The molecule has 0 aromatic carbocycles. The van der Waals surface area contributed by atoms with Gasteiger partial charge in [0.1, 0.15) is 6.04 Å². The molecule has 21 heavy (non-hydrogen) atoms. The number of hydrogen-bond donors (Lipinski definition) is 2. The van der Waals surface area contributed by atoms with Crippen LogP contribution < -0.4 is 10.6 Å². The first-order valence-corrected chi connectivity index (χ1v) is 8.67. The van der Waals surface area contributed by atoms with Crippen molar-refractivity contribution in [3.63, 3.8) is 0 Å². The minimum atomic E-state index is -0.294. The zero-order valence-corrected chi connectivity index (χ0v) is 14.4. The summed E-state index contributed by atoms with van der Waals surface area (Å²) in [4.78, 5) is 21.0. The molecule has 1 heterocycles. The van der Waals surface area contributed by atoms with Gasteiger partial charge in [0.2, 0.25) is 11.9 Å². The van der Waals surface area contributed by atoms with E-state index in [2.05, 4.69) is 34.4 Å². The number of aryl methyl sites for hydroxylation is 2. The zero-order chi connectivity index (χ0) is 15.8. The Labute approximate surface area is 131 Å². The number of thioether (sulfide) groups is 1. The standard InChI is InChI=1S/C15H26N4OS/c1-10(2)9-16-14(20)13(6-7-21-5)19-15-17-11(3)8-12(4)18-15/h8,10,13H,6-7,9H2,1-5H3,(H,16,20)(H,17,18,19). The van der Waals surface area contributed by atoms with Crippen molar-refractivity contribution in [2.45, 2.75) is 40.2 Å². The molecule has 0 saturated carbocycles. The highest BCUT2D eigenvalue weighted by Gasteiger charge is 2.19. The summed E-state index contributed by atoms with van der Waals surface area (Å²) in [6, 6.07) is 1.62. The Bertz CT molecular complexity index is 445. The molecule has 2 N–H and O–H groups in total. The van der Waals surface area contributed by atoms with Crippen LogP contribution in [0, 0.1) is 19.8 Å². The molecule has 1 amide bonds. The lowest BCUT2D eigenvalue weighted by Gasteiger charge is -2.19. The second kappa shape index (κ2) is 8.87. The van der Waals surface area contributed by atoms with Gasteiger partial charge in [0.15, 0.2) is 0 Å². The molecule has 1 aromatic heterocycles. The van der Waals surface area contributed by atoms with Gasteiger partial charge in [-0.15, -0.1) is 0 Å². The molecule has 118 valence electrons. The molecule has 0 aliphatic carbocycles. The lowest BCUT2D eigenvalue weighted by Crippen LogP contribution is -2.41. The van der Waals surface area contributed by atoms with E-state index in [9.17, 15) is 4.79 Å². The first-order chi connectivity index (χ1) is 9.92. The number of carbonyl (C=O) groups excluding carboxylic acids is 1. The summed E-state index contributed by atoms with van der Waals surface area (Å²) >= 11 is 1.73. The third-order valence-corrected chi connectivity index (χ3v) is 3.54. The van der Waals surface area contributed by atoms with Crippen molar-refractivity contribution in [3.05, 3.63) is 17.5 Å². The molecule has 0 aliphatic rings. The molecule has 0 radical (unpaired) electrons. The van der Waals surface area contributed by atoms with E-state index in [1.54, 1.807) is 11.8 Å². The number of aromatic nitrogens is 2. The average Bonchev–Trinajstić information content (AvgIpc) is 2.39. The Morgan fingerprint density at radius 3 is 2.43 bits per heavy atom. The molecular weight excluding hydrogens is 284 g/mol. The van der Waals surface area contributed by atoms with Crippen molar-refractivity contribution in [1.29, 1.82) is 0 Å². The SMILES string of the molecule is CSCCC(Nc1nc(C)cc(C)n1)C(=O)NCC(C)C. The Morgan fingerprint density at radius 2 is 1.90 bits per heavy atom. The largest absolute Gasteiger partial charge is 0.354 e. The van der Waals surface area contributed by atoms with Crippen molar-refractivity contribution < 1.29 is 4.79 Å². The number of nitrogens with one attached hydrogen (secondary N) is 2. The summed E-state index contributed by atoms with van der Waals surface area (Å²) in [6.45, 7) is 8.70. The second-order valence-corrected chi connectivity index (χ2v) is 6.58. The summed E-state index contributed by atoms with van der Waals surface area (Å²) in [6.07, 6.45) is 2.79. The van der Waals surface area contributed by atoms with Crippen LogP contribution in [0.2, 0.25) is 0 Å². The van der Waals surface area contributed by atoms with Gasteiger partial charge in [-0.25, -0.2) is 9.97 Å². The fourth-order valence-electron chi connectivity index (χ4n) is 1.88. The third-order valence-electron chi connectivity index (χ3n) is 2.90. The van der Waals surface area contributed by atoms with E-state index in [0.717, 1.165) is 23.6 Å². The lowest BCUT2D eigenvalue weighted by atomic mass is 10.2. The Hall–Kier alpha value is -1.30. The van der Waals surface area contributed by atoms with Gasteiger partial charge < -0.3 is 10.6 Å². The number of amides is 1. The van der Waals surface area contributed by atoms with E-state index in [0.29, 0.717) is 18.4 Å². The van der Waals surface area contributed by atoms with Crippen LogP contribution in [0.1, 0.15) is 31.7 Å². The van der Waals surface area contributed by atoms with Gasteiger partial charge in [0.05, 0.1) is 0 Å². The maximum Gasteiger partial charge on any atom is 0.242 e. The Morgan fingerprint density at radius 1 is 1.29 bits per heavy atom. The van der Waals surface area contributed by atoms with E-state index in [1.165, 1.54) is 0 Å². The van der Waals surface area contributed by atoms with Crippen molar-refractivity contribution >= 4 is 23.6 Å². The van der Waals surface area contributed by atoms with Crippen LogP contribution in [0.5, 0.6) is 0 Å². The molecule has 0 spiro atoms. The Balaban J connectivity index is 2.74. The van der Waals surface area contributed by atoms with E-state index in [-0.39, 0.29) is 11.9 Å². The van der Waals surface area contributed by atoms with E-state index < -0.39 is 0 Å². The molecule has 1 aromatic rings. The quantitative estimate of drug-likeness (QED) is 0.772. The van der Waals surface area contributed by atoms with Crippen LogP contribution in [0.4, 0.5) is 5.95 Å². The smallest absolute Gasteiger partial charge is 0.242 e. The van der Waals surface area contributed by atoms with Gasteiger partial charge in [0.25, 0.3) is 0 Å². The third kappa shape index (κ3) is 6.80. The normalized spacial score (nSPS) is 12.3. The average molecular weight is 310 g/mol. The van der Waals surface area contributed by atoms with Gasteiger partial charge in [-0.2, -0.15) is 11.8 Å². The van der Waals surface area contributed by atoms with Crippen LogP contribution in [0.3, 0.4) is 0 Å². The van der Waals surface area contributed by atoms with Crippen LogP contribution in [-0.2, 0) is 4.79 Å². The molecule has 6 heteroatoms. The highest BCUT2D eigenvalue weighted by atomic mass is 32.2. The maximum atomic E-state index is 12.3. The van der Waals surface area contributed by atoms with E-state index in [4.69, 9.17) is 0 Å². The maximum absolute atomic E-state index is 12.3. The number of anilines is 1. The van der Waals surface area contributed by atoms with Crippen LogP contribution in [-0.4, -0.2) is 40.5 Å². The minimum Gasteiger partial charge on any atom is -0.354 e. The summed E-state index contributed by atoms with van der Waals surface area (Å²) in [5.74, 6) is 1.89. The number of rotatable bonds is 8. The summed E-state index contributed by atoms with van der Waals surface area (Å²) in [5, 5.41) is 6.15. The van der Waals surface area contributed by atoms with Crippen molar-refractivity contribution in [2.24, 2.45) is 5.92 Å². The molecule has 0 bridgehead atoms. The second-order valence-electron chi connectivity index (χ2n) is 5.59. The predicted octanol–water partition coefficient (Wildman–Crippen LogP) is 2.40. The first-order valence-electron chi connectivity index (χ1n) is 7.27. The zero-order valence-electron chi connectivity index (χ0n) is 13.6. The predicted molar refractivity (Wildman–Crippen MR) is 89.8 cm³/mol. The monoisotopic (exact) mass is 310 g/mol. The fraction of sp³-hybridized carbons (Fsp3) is 0.667. The fourth-order valence-corrected chi connectivity index (χ4v) is 2.35. The van der Waals surface area contributed by atoms with Gasteiger partial charge in [-0.1, -0.05) is 13.8 Å². The Kier molecular flexibility index (Phi) is 7.50. The minimum absolute atomic E-state index is 0.0144. The highest BCUT2D eigenvalue weighted by molar-refractivity contribution is 7.98. The summed E-state index contributed by atoms with van der Waals surface area (Å²) in [5.41, 5.74) is 1.80. The molecule has 1 atom stereocenters. The molecule has 0 fully saturated rings. The lowest BCUT2D eigenvalue weighted by molar-refractivity contribution is -0.122. The van der Waals surface area contributed by atoms with Crippen molar-refractivity contribution in [2.75, 3.05) is 23.9 Å². The van der Waals surface area contributed by atoms with E-state index >= 15 is 0 Å². The van der Waals surface area contributed by atoms with Crippen LogP contribution in [0.25, 0.3) is 0 Å². The molecular formula is C15H26N4OS. The van der Waals surface area contributed by atoms with Crippen molar-refractivity contribution in [1.82, 2.24) is 15.3 Å².